The number of H-pyrrole nitrogens is 1. The van der Waals surface area contributed by atoms with Crippen molar-refractivity contribution in [3.8, 4) is 0 Å². The second-order valence-electron chi connectivity index (χ2n) is 8.91. The van der Waals surface area contributed by atoms with Gasteiger partial charge in [-0.15, -0.1) is 0 Å². The maximum Gasteiger partial charge on any atom is 0.411 e. The lowest BCUT2D eigenvalue weighted by atomic mass is 10.0. The van der Waals surface area contributed by atoms with Crippen molar-refractivity contribution in [3.63, 3.8) is 0 Å². The second kappa shape index (κ2) is 8.76. The normalized spacial score (nSPS) is 14.8. The number of esters is 1. The number of carbonyl (C=O) groups excluding carboxylic acids is 2. The van der Waals surface area contributed by atoms with Crippen LogP contribution < -0.4 is 5.32 Å². The molecule has 2 N–H and O–H groups in total. The van der Waals surface area contributed by atoms with Gasteiger partial charge in [-0.2, -0.15) is 5.10 Å². The monoisotopic (exact) mass is 447 g/mol. The number of fused-ring (bicyclic) bond motifs is 1. The molecule has 3 rings (SSSR count). The lowest BCUT2D eigenvalue weighted by molar-refractivity contribution is -0.144. The van der Waals surface area contributed by atoms with E-state index in [-0.39, 0.29) is 24.8 Å². The molecule has 0 bridgehead atoms. The van der Waals surface area contributed by atoms with Gasteiger partial charge < -0.3 is 14.8 Å². The number of hydrogen-bond donors (Lipinski definition) is 2. The summed E-state index contributed by atoms with van der Waals surface area (Å²) in [5.74, 6) is -0.351. The predicted molar refractivity (Wildman–Crippen MR) is 116 cm³/mol. The first-order chi connectivity index (χ1) is 14.9. The number of amides is 1. The Morgan fingerprint density at radius 1 is 1.31 bits per heavy atom. The summed E-state index contributed by atoms with van der Waals surface area (Å²) in [6, 6.07) is 2.92. The van der Waals surface area contributed by atoms with E-state index in [0.29, 0.717) is 24.5 Å². The Kier molecular flexibility index (Phi) is 6.43. The standard InChI is InChI=1S/C22H30FN5O4/c1-7-31-16(29)10-11-21(3,4)32-20(30)28-12-14-17(22(28,5)6)26-27-18(14)25-19-15(23)9-8-13(2)24-19/h8-9H,7,10-12H2,1-6H3,(H2,24,25,26,27). The molecule has 0 fully saturated rings. The summed E-state index contributed by atoms with van der Waals surface area (Å²) < 4.78 is 24.8. The summed E-state index contributed by atoms with van der Waals surface area (Å²) in [6.45, 7) is 11.3. The number of nitrogens with zero attached hydrogens (tertiary/aromatic N) is 3. The highest BCUT2D eigenvalue weighted by Gasteiger charge is 2.45. The van der Waals surface area contributed by atoms with Crippen LogP contribution >= 0.6 is 0 Å². The van der Waals surface area contributed by atoms with E-state index in [1.54, 1.807) is 38.7 Å². The van der Waals surface area contributed by atoms with Crippen LogP contribution in [0, 0.1) is 12.7 Å². The van der Waals surface area contributed by atoms with Gasteiger partial charge in [-0.3, -0.25) is 14.8 Å². The molecule has 3 heterocycles. The van der Waals surface area contributed by atoms with Crippen molar-refractivity contribution in [2.75, 3.05) is 11.9 Å². The van der Waals surface area contributed by atoms with Crippen LogP contribution in [0.3, 0.4) is 0 Å². The Labute approximate surface area is 186 Å². The Bertz CT molecular complexity index is 1020. The van der Waals surface area contributed by atoms with E-state index in [2.05, 4.69) is 20.5 Å². The molecular weight excluding hydrogens is 417 g/mol. The summed E-state index contributed by atoms with van der Waals surface area (Å²) in [7, 11) is 0. The van der Waals surface area contributed by atoms with Gasteiger partial charge in [0.2, 0.25) is 0 Å². The first kappa shape index (κ1) is 23.5. The summed E-state index contributed by atoms with van der Waals surface area (Å²) in [4.78, 5) is 30.5. The van der Waals surface area contributed by atoms with Crippen molar-refractivity contribution in [1.82, 2.24) is 20.1 Å². The van der Waals surface area contributed by atoms with Crippen LogP contribution in [-0.4, -0.2) is 44.4 Å². The number of nitrogens with one attached hydrogen (secondary N) is 2. The zero-order valence-electron chi connectivity index (χ0n) is 19.3. The molecule has 174 valence electrons. The van der Waals surface area contributed by atoms with E-state index in [1.807, 2.05) is 13.8 Å². The molecule has 0 aliphatic carbocycles. The highest BCUT2D eigenvalue weighted by atomic mass is 19.1. The fraction of sp³-hybridized carbons (Fsp3) is 0.545. The molecule has 1 aliphatic rings. The Morgan fingerprint density at radius 3 is 2.72 bits per heavy atom. The van der Waals surface area contributed by atoms with Crippen LogP contribution in [0.5, 0.6) is 0 Å². The van der Waals surface area contributed by atoms with Gasteiger partial charge in [0.25, 0.3) is 0 Å². The van der Waals surface area contributed by atoms with Crippen molar-refractivity contribution >= 4 is 23.7 Å². The summed E-state index contributed by atoms with van der Waals surface area (Å²) in [6.07, 6.45) is -0.0211. The van der Waals surface area contributed by atoms with E-state index in [0.717, 1.165) is 11.3 Å². The van der Waals surface area contributed by atoms with Gasteiger partial charge in [0.05, 0.1) is 24.4 Å². The minimum absolute atomic E-state index is 0.0678. The van der Waals surface area contributed by atoms with Crippen molar-refractivity contribution in [1.29, 1.82) is 0 Å². The molecule has 0 saturated heterocycles. The zero-order chi connectivity index (χ0) is 23.7. The Morgan fingerprint density at radius 2 is 2.03 bits per heavy atom. The highest BCUT2D eigenvalue weighted by Crippen LogP contribution is 2.42. The van der Waals surface area contributed by atoms with Crippen LogP contribution in [0.25, 0.3) is 0 Å². The van der Waals surface area contributed by atoms with Gasteiger partial charge in [-0.05, 0) is 60.1 Å². The third-order valence-electron chi connectivity index (χ3n) is 5.51. The number of hydrogen-bond acceptors (Lipinski definition) is 7. The number of halogens is 1. The maximum atomic E-state index is 14.2. The number of anilines is 2. The number of pyridine rings is 1. The molecule has 0 unspecified atom stereocenters. The minimum Gasteiger partial charge on any atom is -0.466 e. The molecule has 0 spiro atoms. The number of aromatic nitrogens is 3. The van der Waals surface area contributed by atoms with Gasteiger partial charge >= 0.3 is 12.1 Å². The molecule has 32 heavy (non-hydrogen) atoms. The van der Waals surface area contributed by atoms with E-state index < -0.39 is 23.1 Å². The van der Waals surface area contributed by atoms with E-state index in [9.17, 15) is 14.0 Å². The van der Waals surface area contributed by atoms with Gasteiger partial charge in [0, 0.05) is 17.7 Å². The zero-order valence-corrected chi connectivity index (χ0v) is 19.3. The van der Waals surface area contributed by atoms with E-state index in [4.69, 9.17) is 9.47 Å². The lowest BCUT2D eigenvalue weighted by Gasteiger charge is -2.34. The number of aryl methyl sites for hydroxylation is 1. The largest absolute Gasteiger partial charge is 0.466 e. The summed E-state index contributed by atoms with van der Waals surface area (Å²) in [5.41, 5.74) is 0.546. The van der Waals surface area contributed by atoms with Crippen LogP contribution in [0.15, 0.2) is 12.1 Å². The SMILES string of the molecule is CCOC(=O)CCC(C)(C)OC(=O)N1Cc2c(Nc3nc(C)ccc3F)n[nH]c2C1(C)C. The summed E-state index contributed by atoms with van der Waals surface area (Å²) >= 11 is 0. The van der Waals surface area contributed by atoms with Crippen LogP contribution in [0.1, 0.15) is 64.4 Å². The predicted octanol–water partition coefficient (Wildman–Crippen LogP) is 4.31. The molecule has 2 aromatic heterocycles. The quantitative estimate of drug-likeness (QED) is 0.609. The van der Waals surface area contributed by atoms with Gasteiger partial charge in [-0.1, -0.05) is 0 Å². The van der Waals surface area contributed by atoms with Crippen molar-refractivity contribution in [2.45, 2.75) is 72.1 Å². The highest BCUT2D eigenvalue weighted by molar-refractivity contribution is 5.73. The molecule has 0 aromatic carbocycles. The fourth-order valence-electron chi connectivity index (χ4n) is 3.63. The molecule has 2 aromatic rings. The first-order valence-corrected chi connectivity index (χ1v) is 10.6. The van der Waals surface area contributed by atoms with Crippen LogP contribution in [0.2, 0.25) is 0 Å². The second-order valence-corrected chi connectivity index (χ2v) is 8.91. The fourth-order valence-corrected chi connectivity index (χ4v) is 3.63. The minimum atomic E-state index is -0.857. The lowest BCUT2D eigenvalue weighted by Crippen LogP contribution is -2.44. The third kappa shape index (κ3) is 4.84. The van der Waals surface area contributed by atoms with Gasteiger partial charge in [-0.25, -0.2) is 14.2 Å². The average Bonchev–Trinajstić information content (AvgIpc) is 3.21. The molecule has 10 heteroatoms. The number of aromatic amines is 1. The van der Waals surface area contributed by atoms with Gasteiger partial charge in [0.15, 0.2) is 17.5 Å². The van der Waals surface area contributed by atoms with Crippen molar-refractivity contribution in [2.24, 2.45) is 0 Å². The van der Waals surface area contributed by atoms with Crippen molar-refractivity contribution < 1.29 is 23.5 Å². The molecular formula is C22H30FN5O4. The van der Waals surface area contributed by atoms with Crippen LogP contribution in [0.4, 0.5) is 20.8 Å². The number of ether oxygens (including phenoxy) is 2. The Hall–Kier alpha value is -3.17. The van der Waals surface area contributed by atoms with E-state index in [1.165, 1.54) is 6.07 Å². The molecule has 9 nitrogen and oxygen atoms in total. The number of carbonyl (C=O) groups is 2. The molecule has 1 aliphatic heterocycles. The van der Waals surface area contributed by atoms with Gasteiger partial charge in [0.1, 0.15) is 5.60 Å². The molecule has 0 saturated carbocycles. The number of rotatable bonds is 7. The average molecular weight is 448 g/mol. The molecule has 0 radical (unpaired) electrons. The third-order valence-corrected chi connectivity index (χ3v) is 5.51. The molecule has 0 atom stereocenters. The maximum absolute atomic E-state index is 14.2. The van der Waals surface area contributed by atoms with E-state index >= 15 is 0 Å². The summed E-state index contributed by atoms with van der Waals surface area (Å²) in [5, 5.41) is 10.1. The smallest absolute Gasteiger partial charge is 0.411 e. The first-order valence-electron chi connectivity index (χ1n) is 10.6. The molecule has 1 amide bonds. The topological polar surface area (TPSA) is 109 Å². The van der Waals surface area contributed by atoms with Crippen molar-refractivity contribution in [3.05, 3.63) is 34.9 Å². The Balaban J connectivity index is 1.73. The van der Waals surface area contributed by atoms with Crippen LogP contribution in [-0.2, 0) is 26.4 Å².